The summed E-state index contributed by atoms with van der Waals surface area (Å²) >= 11 is 0. The van der Waals surface area contributed by atoms with E-state index in [0.717, 1.165) is 38.4 Å². The second kappa shape index (κ2) is 5.36. The van der Waals surface area contributed by atoms with Crippen LogP contribution in [0.4, 0.5) is 5.88 Å². The van der Waals surface area contributed by atoms with Gasteiger partial charge in [-0.05, 0) is 25.8 Å². The van der Waals surface area contributed by atoms with Gasteiger partial charge in [0, 0.05) is 32.7 Å². The van der Waals surface area contributed by atoms with E-state index in [-0.39, 0.29) is 11.9 Å². The number of anilines is 1. The van der Waals surface area contributed by atoms with Crippen LogP contribution < -0.4 is 4.90 Å². The summed E-state index contributed by atoms with van der Waals surface area (Å²) in [6, 6.07) is 3.60. The largest absolute Gasteiger partial charge is 0.437 e. The molecule has 0 amide bonds. The zero-order valence-corrected chi connectivity index (χ0v) is 10.4. The van der Waals surface area contributed by atoms with Crippen LogP contribution in [0.2, 0.25) is 0 Å². The summed E-state index contributed by atoms with van der Waals surface area (Å²) < 4.78 is 11.2. The van der Waals surface area contributed by atoms with Crippen LogP contribution in [-0.4, -0.2) is 31.6 Å². The number of carbonyl (C=O) groups excluding carboxylic acids is 1. The second-order valence-electron chi connectivity index (χ2n) is 4.36. The van der Waals surface area contributed by atoms with Crippen LogP contribution in [0.5, 0.6) is 0 Å². The summed E-state index contributed by atoms with van der Waals surface area (Å²) in [7, 11) is 0. The van der Waals surface area contributed by atoms with Crippen molar-refractivity contribution in [2.75, 3.05) is 24.6 Å². The van der Waals surface area contributed by atoms with Gasteiger partial charge in [0.15, 0.2) is 17.4 Å². The van der Waals surface area contributed by atoms with Gasteiger partial charge in [0.1, 0.15) is 0 Å². The number of Topliss-reactive ketones (excluding diaryl/α,β-unsaturated/α-hetero) is 1. The molecule has 1 aliphatic heterocycles. The van der Waals surface area contributed by atoms with Crippen LogP contribution in [0.1, 0.15) is 37.2 Å². The molecule has 0 radical (unpaired) electrons. The highest BCUT2D eigenvalue weighted by Gasteiger charge is 2.22. The second-order valence-corrected chi connectivity index (χ2v) is 4.36. The smallest absolute Gasteiger partial charge is 0.196 e. The standard InChI is InChI=1S/C13H19NO3/c1-3-16-11-5-4-8-14(9-11)13-7-6-12(17-13)10(2)15/h6-7,11H,3-5,8-9H2,1-2H3. The van der Waals surface area contributed by atoms with Crippen molar-refractivity contribution in [2.24, 2.45) is 0 Å². The minimum absolute atomic E-state index is 0.0328. The van der Waals surface area contributed by atoms with Gasteiger partial charge in [-0.2, -0.15) is 0 Å². The van der Waals surface area contributed by atoms with Gasteiger partial charge < -0.3 is 14.1 Å². The van der Waals surface area contributed by atoms with Crippen molar-refractivity contribution in [3.63, 3.8) is 0 Å². The third-order valence-corrected chi connectivity index (χ3v) is 3.03. The highest BCUT2D eigenvalue weighted by molar-refractivity contribution is 5.91. The summed E-state index contributed by atoms with van der Waals surface area (Å²) in [6.45, 7) is 6.09. The molecule has 2 rings (SSSR count). The van der Waals surface area contributed by atoms with Gasteiger partial charge in [0.2, 0.25) is 0 Å². The SMILES string of the molecule is CCOC1CCCN(c2ccc(C(C)=O)o2)C1. The van der Waals surface area contributed by atoms with Gasteiger partial charge >= 0.3 is 0 Å². The first-order chi connectivity index (χ1) is 8.20. The van der Waals surface area contributed by atoms with Gasteiger partial charge in [-0.15, -0.1) is 0 Å². The van der Waals surface area contributed by atoms with Crippen LogP contribution >= 0.6 is 0 Å². The average Bonchev–Trinajstić information content (AvgIpc) is 2.79. The molecule has 1 unspecified atom stereocenters. The third kappa shape index (κ3) is 2.88. The van der Waals surface area contributed by atoms with E-state index in [9.17, 15) is 4.79 Å². The lowest BCUT2D eigenvalue weighted by molar-refractivity contribution is 0.0518. The van der Waals surface area contributed by atoms with Crippen molar-refractivity contribution in [3.05, 3.63) is 17.9 Å². The molecule has 1 saturated heterocycles. The molecule has 4 heteroatoms. The fourth-order valence-corrected chi connectivity index (χ4v) is 2.20. The van der Waals surface area contributed by atoms with Crippen molar-refractivity contribution in [1.82, 2.24) is 0 Å². The van der Waals surface area contributed by atoms with E-state index in [1.807, 2.05) is 13.0 Å². The average molecular weight is 237 g/mol. The quantitative estimate of drug-likeness (QED) is 0.754. The minimum atomic E-state index is -0.0328. The first-order valence-corrected chi connectivity index (χ1v) is 6.18. The lowest BCUT2D eigenvalue weighted by Crippen LogP contribution is -2.39. The molecule has 4 nitrogen and oxygen atoms in total. The predicted molar refractivity (Wildman–Crippen MR) is 65.6 cm³/mol. The number of furan rings is 1. The monoisotopic (exact) mass is 237 g/mol. The summed E-state index contributed by atoms with van der Waals surface area (Å²) in [5, 5.41) is 0. The summed E-state index contributed by atoms with van der Waals surface area (Å²) in [5.74, 6) is 1.17. The molecule has 1 aromatic rings. The molecule has 1 atom stereocenters. The number of rotatable bonds is 4. The topological polar surface area (TPSA) is 42.7 Å². The van der Waals surface area contributed by atoms with Crippen LogP contribution in [0.3, 0.4) is 0 Å². The fourth-order valence-electron chi connectivity index (χ4n) is 2.20. The van der Waals surface area contributed by atoms with Crippen LogP contribution in [-0.2, 0) is 4.74 Å². The molecule has 1 fully saturated rings. The molecule has 1 aromatic heterocycles. The number of nitrogens with zero attached hydrogens (tertiary/aromatic N) is 1. The maximum Gasteiger partial charge on any atom is 0.196 e. The van der Waals surface area contributed by atoms with Crippen LogP contribution in [0.25, 0.3) is 0 Å². The zero-order valence-electron chi connectivity index (χ0n) is 10.4. The van der Waals surface area contributed by atoms with E-state index >= 15 is 0 Å². The van der Waals surface area contributed by atoms with Crippen molar-refractivity contribution in [1.29, 1.82) is 0 Å². The Morgan fingerprint density at radius 3 is 3.06 bits per heavy atom. The lowest BCUT2D eigenvalue weighted by atomic mass is 10.1. The molecule has 1 aliphatic rings. The number of ketones is 1. The Hall–Kier alpha value is -1.29. The van der Waals surface area contributed by atoms with Crippen molar-refractivity contribution in [3.8, 4) is 0 Å². The Labute approximate surface area is 102 Å². The minimum Gasteiger partial charge on any atom is -0.437 e. The van der Waals surface area contributed by atoms with Gasteiger partial charge in [0.25, 0.3) is 0 Å². The molecule has 0 bridgehead atoms. The molecule has 0 aromatic carbocycles. The predicted octanol–water partition coefficient (Wildman–Crippen LogP) is 2.49. The van der Waals surface area contributed by atoms with E-state index in [2.05, 4.69) is 4.90 Å². The Morgan fingerprint density at radius 1 is 1.59 bits per heavy atom. The maximum atomic E-state index is 11.2. The Kier molecular flexibility index (Phi) is 3.84. The van der Waals surface area contributed by atoms with Gasteiger partial charge in [-0.3, -0.25) is 4.79 Å². The van der Waals surface area contributed by atoms with Gasteiger partial charge in [0.05, 0.1) is 6.10 Å². The van der Waals surface area contributed by atoms with Crippen molar-refractivity contribution in [2.45, 2.75) is 32.8 Å². The van der Waals surface area contributed by atoms with E-state index < -0.39 is 0 Å². The molecular formula is C13H19NO3. The zero-order chi connectivity index (χ0) is 12.3. The fraction of sp³-hybridized carbons (Fsp3) is 0.615. The summed E-state index contributed by atoms with van der Waals surface area (Å²) in [4.78, 5) is 13.3. The number of ether oxygens (including phenoxy) is 1. The van der Waals surface area contributed by atoms with E-state index in [0.29, 0.717) is 5.76 Å². The van der Waals surface area contributed by atoms with Crippen molar-refractivity contribution >= 4 is 11.7 Å². The summed E-state index contributed by atoms with van der Waals surface area (Å²) in [6.07, 6.45) is 2.48. The van der Waals surface area contributed by atoms with Gasteiger partial charge in [-0.1, -0.05) is 0 Å². The molecule has 0 N–H and O–H groups in total. The normalized spacial score (nSPS) is 20.6. The number of hydrogen-bond donors (Lipinski definition) is 0. The van der Waals surface area contributed by atoms with E-state index in [4.69, 9.17) is 9.15 Å². The first kappa shape index (κ1) is 12.2. The molecule has 94 valence electrons. The summed E-state index contributed by atoms with van der Waals surface area (Å²) in [5.41, 5.74) is 0. The molecular weight excluding hydrogens is 218 g/mol. The number of piperidine rings is 1. The maximum absolute atomic E-state index is 11.2. The molecule has 17 heavy (non-hydrogen) atoms. The highest BCUT2D eigenvalue weighted by atomic mass is 16.5. The Bertz CT molecular complexity index is 384. The third-order valence-electron chi connectivity index (χ3n) is 3.03. The van der Waals surface area contributed by atoms with E-state index in [1.165, 1.54) is 6.92 Å². The van der Waals surface area contributed by atoms with Crippen molar-refractivity contribution < 1.29 is 13.9 Å². The highest BCUT2D eigenvalue weighted by Crippen LogP contribution is 2.23. The molecule has 2 heterocycles. The Morgan fingerprint density at radius 2 is 2.41 bits per heavy atom. The number of carbonyl (C=O) groups is 1. The van der Waals surface area contributed by atoms with Gasteiger partial charge in [-0.25, -0.2) is 0 Å². The van der Waals surface area contributed by atoms with E-state index in [1.54, 1.807) is 6.07 Å². The molecule has 0 spiro atoms. The molecule has 0 aliphatic carbocycles. The molecule has 0 saturated carbocycles. The van der Waals surface area contributed by atoms with Crippen LogP contribution in [0.15, 0.2) is 16.5 Å². The lowest BCUT2D eigenvalue weighted by Gasteiger charge is -2.32. The number of hydrogen-bond acceptors (Lipinski definition) is 4. The first-order valence-electron chi connectivity index (χ1n) is 6.18. The Balaban J connectivity index is 2.02. The van der Waals surface area contributed by atoms with Crippen LogP contribution in [0, 0.1) is 0 Å².